The number of nitrogen functional groups attached to an aromatic ring is 1. The number of nitrogens with zero attached hydrogens (tertiary/aromatic N) is 3. The zero-order valence-electron chi connectivity index (χ0n) is 10.0. The minimum absolute atomic E-state index is 0.293. The Morgan fingerprint density at radius 3 is 2.75 bits per heavy atom. The molecule has 0 aliphatic heterocycles. The van der Waals surface area contributed by atoms with Crippen LogP contribution in [-0.2, 0) is 0 Å². The number of hydrogen-bond acceptors (Lipinski definition) is 5. The summed E-state index contributed by atoms with van der Waals surface area (Å²) in [5, 5.41) is 3.82. The fourth-order valence-corrected chi connectivity index (χ4v) is 1.88. The average Bonchev–Trinajstić information content (AvgIpc) is 2.92. The number of nitrogens with two attached hydrogens (primary N) is 1. The highest BCUT2D eigenvalue weighted by Gasteiger charge is 2.12. The van der Waals surface area contributed by atoms with E-state index >= 15 is 0 Å². The third-order valence-corrected chi connectivity index (χ3v) is 3.35. The summed E-state index contributed by atoms with van der Waals surface area (Å²) < 4.78 is 18.8. The lowest BCUT2D eigenvalue weighted by atomic mass is 10.2. The zero-order chi connectivity index (χ0) is 14.1. The van der Waals surface area contributed by atoms with Gasteiger partial charge in [0.1, 0.15) is 11.5 Å². The molecule has 0 unspecified atom stereocenters. The van der Waals surface area contributed by atoms with Gasteiger partial charge in [-0.3, -0.25) is 0 Å². The predicted octanol–water partition coefficient (Wildman–Crippen LogP) is 3.28. The number of halogens is 2. The molecule has 0 aliphatic carbocycles. The van der Waals surface area contributed by atoms with E-state index in [9.17, 15) is 4.39 Å². The molecular formula is C13H8BrFN4O. The first-order chi connectivity index (χ1) is 9.63. The summed E-state index contributed by atoms with van der Waals surface area (Å²) in [5.74, 6) is 0.199. The summed E-state index contributed by atoms with van der Waals surface area (Å²) in [5.41, 5.74) is 7.51. The molecule has 0 saturated carbocycles. The van der Waals surface area contributed by atoms with Crippen LogP contribution in [0.1, 0.15) is 0 Å². The Bertz CT molecular complexity index is 757. The Kier molecular flexibility index (Phi) is 3.19. The summed E-state index contributed by atoms with van der Waals surface area (Å²) in [6.45, 7) is 0. The SMILES string of the molecule is Nc1cc(-c2nc(-c3ccc(F)cn3)no2)ccc1Br. The van der Waals surface area contributed by atoms with Crippen molar-refractivity contribution in [3.8, 4) is 23.0 Å². The van der Waals surface area contributed by atoms with Crippen molar-refractivity contribution in [3.05, 3.63) is 46.8 Å². The monoisotopic (exact) mass is 334 g/mol. The number of rotatable bonds is 2. The fraction of sp³-hybridized carbons (Fsp3) is 0. The van der Waals surface area contributed by atoms with E-state index in [0.717, 1.165) is 10.7 Å². The first kappa shape index (κ1) is 12.7. The van der Waals surface area contributed by atoms with Crippen LogP contribution in [0.5, 0.6) is 0 Å². The van der Waals surface area contributed by atoms with Gasteiger partial charge in [0.25, 0.3) is 5.89 Å². The maximum absolute atomic E-state index is 12.8. The standard InChI is InChI=1S/C13H8BrFN4O/c14-9-3-1-7(5-10(9)16)13-18-12(19-20-13)11-4-2-8(15)6-17-11/h1-6H,16H2. The van der Waals surface area contributed by atoms with E-state index in [1.54, 1.807) is 18.2 Å². The van der Waals surface area contributed by atoms with Crippen LogP contribution in [0.25, 0.3) is 23.0 Å². The molecule has 0 radical (unpaired) electrons. The third-order valence-electron chi connectivity index (χ3n) is 2.63. The fourth-order valence-electron chi connectivity index (χ4n) is 1.63. The second-order valence-electron chi connectivity index (χ2n) is 4.02. The topological polar surface area (TPSA) is 77.8 Å². The van der Waals surface area contributed by atoms with Crippen molar-refractivity contribution in [2.75, 3.05) is 5.73 Å². The number of anilines is 1. The molecule has 0 atom stereocenters. The number of pyridine rings is 1. The summed E-state index contributed by atoms with van der Waals surface area (Å²) in [4.78, 5) is 8.11. The minimum atomic E-state index is -0.418. The highest BCUT2D eigenvalue weighted by molar-refractivity contribution is 9.10. The van der Waals surface area contributed by atoms with E-state index in [0.29, 0.717) is 28.7 Å². The minimum Gasteiger partial charge on any atom is -0.398 e. The van der Waals surface area contributed by atoms with Gasteiger partial charge in [-0.15, -0.1) is 0 Å². The largest absolute Gasteiger partial charge is 0.398 e. The van der Waals surface area contributed by atoms with Crippen LogP contribution in [0.3, 0.4) is 0 Å². The quantitative estimate of drug-likeness (QED) is 0.727. The van der Waals surface area contributed by atoms with Crippen LogP contribution in [0.15, 0.2) is 45.5 Å². The Balaban J connectivity index is 1.97. The van der Waals surface area contributed by atoms with Crippen LogP contribution < -0.4 is 5.73 Å². The summed E-state index contributed by atoms with van der Waals surface area (Å²) in [6, 6.07) is 8.09. The van der Waals surface area contributed by atoms with Crippen molar-refractivity contribution in [2.45, 2.75) is 0 Å². The van der Waals surface area contributed by atoms with Gasteiger partial charge in [0.15, 0.2) is 0 Å². The van der Waals surface area contributed by atoms with Gasteiger partial charge in [0.2, 0.25) is 5.82 Å². The van der Waals surface area contributed by atoms with Crippen LogP contribution in [0.2, 0.25) is 0 Å². The smallest absolute Gasteiger partial charge is 0.258 e. The maximum atomic E-state index is 12.8. The van der Waals surface area contributed by atoms with Crippen molar-refractivity contribution in [1.29, 1.82) is 0 Å². The molecule has 0 spiro atoms. The van der Waals surface area contributed by atoms with Gasteiger partial charge in [0, 0.05) is 15.7 Å². The van der Waals surface area contributed by atoms with Gasteiger partial charge in [-0.1, -0.05) is 5.16 Å². The van der Waals surface area contributed by atoms with E-state index in [1.807, 2.05) is 0 Å². The van der Waals surface area contributed by atoms with Crippen LogP contribution >= 0.6 is 15.9 Å². The van der Waals surface area contributed by atoms with Gasteiger partial charge < -0.3 is 10.3 Å². The summed E-state index contributed by atoms with van der Waals surface area (Å²) in [6.07, 6.45) is 1.10. The van der Waals surface area contributed by atoms with E-state index in [-0.39, 0.29) is 0 Å². The van der Waals surface area contributed by atoms with E-state index in [1.165, 1.54) is 12.1 Å². The van der Waals surface area contributed by atoms with Crippen LogP contribution in [0.4, 0.5) is 10.1 Å². The molecule has 3 rings (SSSR count). The van der Waals surface area contributed by atoms with Gasteiger partial charge >= 0.3 is 0 Å². The van der Waals surface area contributed by atoms with E-state index in [2.05, 4.69) is 31.1 Å². The van der Waals surface area contributed by atoms with Gasteiger partial charge in [-0.2, -0.15) is 4.98 Å². The molecule has 2 aromatic heterocycles. The number of benzene rings is 1. The third kappa shape index (κ3) is 2.39. The van der Waals surface area contributed by atoms with E-state index in [4.69, 9.17) is 10.3 Å². The van der Waals surface area contributed by atoms with Crippen LogP contribution in [-0.4, -0.2) is 15.1 Å². The molecule has 20 heavy (non-hydrogen) atoms. The lowest BCUT2D eigenvalue weighted by molar-refractivity contribution is 0.432. The average molecular weight is 335 g/mol. The Morgan fingerprint density at radius 1 is 1.20 bits per heavy atom. The first-order valence-electron chi connectivity index (χ1n) is 5.64. The van der Waals surface area contributed by atoms with Gasteiger partial charge in [-0.05, 0) is 46.3 Å². The molecule has 0 aliphatic rings. The summed E-state index contributed by atoms with van der Waals surface area (Å²) >= 11 is 3.31. The van der Waals surface area contributed by atoms with Gasteiger partial charge in [0.05, 0.1) is 6.20 Å². The lowest BCUT2D eigenvalue weighted by Gasteiger charge is -1.99. The van der Waals surface area contributed by atoms with Crippen LogP contribution in [0, 0.1) is 5.82 Å². The van der Waals surface area contributed by atoms with E-state index < -0.39 is 5.82 Å². The molecule has 2 N–H and O–H groups in total. The molecule has 2 heterocycles. The molecule has 0 saturated heterocycles. The van der Waals surface area contributed by atoms with Crippen molar-refractivity contribution in [1.82, 2.24) is 15.1 Å². The zero-order valence-corrected chi connectivity index (χ0v) is 11.6. The lowest BCUT2D eigenvalue weighted by Crippen LogP contribution is -1.88. The maximum Gasteiger partial charge on any atom is 0.258 e. The number of hydrogen-bond donors (Lipinski definition) is 1. The second-order valence-corrected chi connectivity index (χ2v) is 4.88. The molecule has 0 fully saturated rings. The Labute approximate surface area is 121 Å². The molecule has 1 aromatic carbocycles. The molecule has 3 aromatic rings. The molecular weight excluding hydrogens is 327 g/mol. The van der Waals surface area contributed by atoms with Crippen molar-refractivity contribution < 1.29 is 8.91 Å². The Hall–Kier alpha value is -2.28. The van der Waals surface area contributed by atoms with Crippen molar-refractivity contribution in [3.63, 3.8) is 0 Å². The molecule has 7 heteroatoms. The highest BCUT2D eigenvalue weighted by atomic mass is 79.9. The van der Waals surface area contributed by atoms with Gasteiger partial charge in [-0.25, -0.2) is 9.37 Å². The second kappa shape index (κ2) is 5.01. The molecule has 5 nitrogen and oxygen atoms in total. The first-order valence-corrected chi connectivity index (χ1v) is 6.44. The highest BCUT2D eigenvalue weighted by Crippen LogP contribution is 2.27. The number of aromatic nitrogens is 3. The normalized spacial score (nSPS) is 10.7. The summed E-state index contributed by atoms with van der Waals surface area (Å²) in [7, 11) is 0. The molecule has 0 bridgehead atoms. The Morgan fingerprint density at radius 2 is 2.05 bits per heavy atom. The molecule has 100 valence electrons. The predicted molar refractivity (Wildman–Crippen MR) is 75.0 cm³/mol. The van der Waals surface area contributed by atoms with Crippen molar-refractivity contribution in [2.24, 2.45) is 0 Å². The molecule has 0 amide bonds. The van der Waals surface area contributed by atoms with Crippen molar-refractivity contribution >= 4 is 21.6 Å².